The fourth-order valence-corrected chi connectivity index (χ4v) is 3.94. The monoisotopic (exact) mass is 323 g/mol. The number of halogens is 1. The zero-order valence-electron chi connectivity index (χ0n) is 12.7. The molecule has 1 N–H and O–H groups in total. The molecule has 0 saturated carbocycles. The average Bonchev–Trinajstić information content (AvgIpc) is 2.71. The fraction of sp³-hybridized carbons (Fsp3) is 0.588. The molecule has 2 saturated heterocycles. The van der Waals surface area contributed by atoms with Gasteiger partial charge >= 0.3 is 5.97 Å². The number of benzene rings is 1. The van der Waals surface area contributed by atoms with Crippen molar-refractivity contribution in [3.05, 3.63) is 34.9 Å². The molecule has 22 heavy (non-hydrogen) atoms. The van der Waals surface area contributed by atoms with Crippen molar-refractivity contribution in [1.82, 2.24) is 4.90 Å². The van der Waals surface area contributed by atoms with Crippen LogP contribution < -0.4 is 0 Å². The van der Waals surface area contributed by atoms with Gasteiger partial charge in [0, 0.05) is 17.1 Å². The molecule has 0 aliphatic carbocycles. The lowest BCUT2D eigenvalue weighted by molar-refractivity contribution is -0.155. The number of aliphatic hydroxyl groups is 1. The SMILES string of the molecule is CN1C2CCC1CC(OC(=O)C(CO)c1cccc(Cl)c1)C2. The van der Waals surface area contributed by atoms with Crippen molar-refractivity contribution in [2.24, 2.45) is 0 Å². The van der Waals surface area contributed by atoms with Gasteiger partial charge in [-0.05, 0) is 50.4 Å². The van der Waals surface area contributed by atoms with Crippen LogP contribution in [-0.4, -0.2) is 47.8 Å². The third kappa shape index (κ3) is 3.14. The molecule has 0 spiro atoms. The molecule has 2 aliphatic rings. The van der Waals surface area contributed by atoms with Crippen LogP contribution in [-0.2, 0) is 9.53 Å². The van der Waals surface area contributed by atoms with Gasteiger partial charge in [-0.15, -0.1) is 0 Å². The molecule has 0 aromatic heterocycles. The van der Waals surface area contributed by atoms with Crippen molar-refractivity contribution >= 4 is 17.6 Å². The minimum atomic E-state index is -0.656. The number of piperidine rings is 1. The van der Waals surface area contributed by atoms with Crippen LogP contribution in [0.3, 0.4) is 0 Å². The Morgan fingerprint density at radius 1 is 1.41 bits per heavy atom. The van der Waals surface area contributed by atoms with E-state index >= 15 is 0 Å². The Morgan fingerprint density at radius 2 is 2.09 bits per heavy atom. The average molecular weight is 324 g/mol. The van der Waals surface area contributed by atoms with E-state index in [1.807, 2.05) is 0 Å². The first-order valence-electron chi connectivity index (χ1n) is 7.87. The highest BCUT2D eigenvalue weighted by Crippen LogP contribution is 2.36. The second-order valence-corrected chi connectivity index (χ2v) is 6.81. The van der Waals surface area contributed by atoms with Crippen molar-refractivity contribution in [2.75, 3.05) is 13.7 Å². The Kier molecular flexibility index (Phi) is 4.71. The first-order chi connectivity index (χ1) is 10.6. The quantitative estimate of drug-likeness (QED) is 0.865. The number of ether oxygens (including phenoxy) is 1. The minimum Gasteiger partial charge on any atom is -0.462 e. The molecule has 2 fully saturated rings. The second kappa shape index (κ2) is 6.57. The summed E-state index contributed by atoms with van der Waals surface area (Å²) in [6, 6.07) is 8.09. The molecule has 1 aromatic carbocycles. The zero-order chi connectivity index (χ0) is 15.7. The maximum atomic E-state index is 12.4. The number of nitrogens with zero attached hydrogens (tertiary/aromatic N) is 1. The Balaban J connectivity index is 1.66. The predicted molar refractivity (Wildman–Crippen MR) is 85.0 cm³/mol. The van der Waals surface area contributed by atoms with Crippen LogP contribution in [0.1, 0.15) is 37.2 Å². The van der Waals surface area contributed by atoms with Crippen LogP contribution in [0.25, 0.3) is 0 Å². The van der Waals surface area contributed by atoms with E-state index in [1.54, 1.807) is 24.3 Å². The van der Waals surface area contributed by atoms with Gasteiger partial charge in [-0.1, -0.05) is 23.7 Å². The van der Waals surface area contributed by atoms with Gasteiger partial charge in [-0.2, -0.15) is 0 Å². The summed E-state index contributed by atoms with van der Waals surface area (Å²) in [4.78, 5) is 14.8. The summed E-state index contributed by atoms with van der Waals surface area (Å²) in [5.41, 5.74) is 0.705. The standard InChI is InChI=1S/C17H22ClNO3/c1-19-13-5-6-14(19)9-15(8-13)22-17(21)16(10-20)11-3-2-4-12(18)7-11/h2-4,7,13-16,20H,5-6,8-10H2,1H3. The molecule has 0 amide bonds. The van der Waals surface area contributed by atoms with Crippen molar-refractivity contribution in [2.45, 2.75) is 49.8 Å². The van der Waals surface area contributed by atoms with Gasteiger partial charge in [0.05, 0.1) is 6.61 Å². The van der Waals surface area contributed by atoms with Gasteiger partial charge in [0.15, 0.2) is 0 Å². The van der Waals surface area contributed by atoms with Gasteiger partial charge in [0.2, 0.25) is 0 Å². The van der Waals surface area contributed by atoms with Gasteiger partial charge < -0.3 is 14.7 Å². The molecule has 3 rings (SSSR count). The third-order valence-corrected chi connectivity index (χ3v) is 5.29. The number of rotatable bonds is 4. The van der Waals surface area contributed by atoms with Crippen molar-refractivity contribution in [1.29, 1.82) is 0 Å². The van der Waals surface area contributed by atoms with Crippen molar-refractivity contribution < 1.29 is 14.6 Å². The first-order valence-corrected chi connectivity index (χ1v) is 8.25. The van der Waals surface area contributed by atoms with E-state index in [-0.39, 0.29) is 18.7 Å². The molecule has 120 valence electrons. The van der Waals surface area contributed by atoms with Crippen molar-refractivity contribution in [3.63, 3.8) is 0 Å². The van der Waals surface area contributed by atoms with E-state index in [1.165, 1.54) is 12.8 Å². The molecule has 0 radical (unpaired) electrons. The third-order valence-electron chi connectivity index (χ3n) is 5.06. The Labute approximate surface area is 136 Å². The van der Waals surface area contributed by atoms with Gasteiger partial charge in [0.1, 0.15) is 12.0 Å². The normalized spacial score (nSPS) is 29.3. The van der Waals surface area contributed by atoms with Crippen LogP contribution in [0.2, 0.25) is 5.02 Å². The lowest BCUT2D eigenvalue weighted by Crippen LogP contribution is -2.43. The van der Waals surface area contributed by atoms with Crippen LogP contribution in [0.15, 0.2) is 24.3 Å². The maximum absolute atomic E-state index is 12.4. The van der Waals surface area contributed by atoms with E-state index in [0.29, 0.717) is 22.7 Å². The summed E-state index contributed by atoms with van der Waals surface area (Å²) in [5.74, 6) is -1.00. The van der Waals surface area contributed by atoms with E-state index < -0.39 is 5.92 Å². The largest absolute Gasteiger partial charge is 0.462 e. The first kappa shape index (κ1) is 15.8. The van der Waals surface area contributed by atoms with E-state index in [2.05, 4.69) is 11.9 Å². The molecule has 3 unspecified atom stereocenters. The van der Waals surface area contributed by atoms with E-state index in [0.717, 1.165) is 12.8 Å². The number of hydrogen-bond acceptors (Lipinski definition) is 4. The highest BCUT2D eigenvalue weighted by Gasteiger charge is 2.40. The highest BCUT2D eigenvalue weighted by atomic mass is 35.5. The fourth-order valence-electron chi connectivity index (χ4n) is 3.74. The van der Waals surface area contributed by atoms with Gasteiger partial charge in [-0.3, -0.25) is 4.79 Å². The van der Waals surface area contributed by atoms with Gasteiger partial charge in [0.25, 0.3) is 0 Å². The molecule has 3 atom stereocenters. The molecule has 2 bridgehead atoms. The summed E-state index contributed by atoms with van der Waals surface area (Å²) in [5, 5.41) is 10.1. The van der Waals surface area contributed by atoms with Crippen LogP contribution in [0.5, 0.6) is 0 Å². The number of carbonyl (C=O) groups excluding carboxylic acids is 1. The summed E-state index contributed by atoms with van der Waals surface area (Å²) in [6.07, 6.45) is 4.13. The summed E-state index contributed by atoms with van der Waals surface area (Å²) in [6.45, 7) is -0.265. The Morgan fingerprint density at radius 3 is 2.68 bits per heavy atom. The molecule has 2 aliphatic heterocycles. The number of carbonyl (C=O) groups is 1. The lowest BCUT2D eigenvalue weighted by atomic mass is 9.98. The second-order valence-electron chi connectivity index (χ2n) is 6.37. The number of hydrogen-bond donors (Lipinski definition) is 1. The highest BCUT2D eigenvalue weighted by molar-refractivity contribution is 6.30. The molecular formula is C17H22ClNO3. The van der Waals surface area contributed by atoms with E-state index in [4.69, 9.17) is 16.3 Å². The molecule has 1 aromatic rings. The smallest absolute Gasteiger partial charge is 0.316 e. The minimum absolute atomic E-state index is 0.0329. The van der Waals surface area contributed by atoms with Crippen molar-refractivity contribution in [3.8, 4) is 0 Å². The Hall–Kier alpha value is -1.10. The number of esters is 1. The molecule has 5 heteroatoms. The van der Waals surface area contributed by atoms with Gasteiger partial charge in [-0.25, -0.2) is 0 Å². The maximum Gasteiger partial charge on any atom is 0.316 e. The topological polar surface area (TPSA) is 49.8 Å². The summed E-state index contributed by atoms with van der Waals surface area (Å²) >= 11 is 5.97. The number of fused-ring (bicyclic) bond motifs is 2. The summed E-state index contributed by atoms with van der Waals surface area (Å²) in [7, 11) is 2.16. The number of aliphatic hydroxyl groups excluding tert-OH is 1. The van der Waals surface area contributed by atoms with Crippen LogP contribution in [0, 0.1) is 0 Å². The van der Waals surface area contributed by atoms with Crippen LogP contribution >= 0.6 is 11.6 Å². The zero-order valence-corrected chi connectivity index (χ0v) is 13.5. The van der Waals surface area contributed by atoms with E-state index in [9.17, 15) is 9.90 Å². The molecular weight excluding hydrogens is 302 g/mol. The molecule has 4 nitrogen and oxygen atoms in total. The lowest BCUT2D eigenvalue weighted by Gasteiger charge is -2.36. The summed E-state index contributed by atoms with van der Waals surface area (Å²) < 4.78 is 5.70. The predicted octanol–water partition coefficient (Wildman–Crippen LogP) is 2.58. The Bertz CT molecular complexity index is 536. The van der Waals surface area contributed by atoms with Crippen LogP contribution in [0.4, 0.5) is 0 Å². The molecule has 2 heterocycles.